The van der Waals surface area contributed by atoms with Gasteiger partial charge in [0.1, 0.15) is 5.82 Å². The summed E-state index contributed by atoms with van der Waals surface area (Å²) in [4.78, 5) is 11.9. The van der Waals surface area contributed by atoms with E-state index in [-0.39, 0.29) is 17.6 Å². The van der Waals surface area contributed by atoms with Crippen LogP contribution in [0.25, 0.3) is 11.7 Å². The summed E-state index contributed by atoms with van der Waals surface area (Å²) in [5.41, 5.74) is 0.838. The van der Waals surface area contributed by atoms with Crippen LogP contribution in [0.3, 0.4) is 0 Å². The van der Waals surface area contributed by atoms with Crippen molar-refractivity contribution in [3.8, 4) is 11.7 Å². The minimum Gasteiger partial charge on any atom is -0.459 e. The van der Waals surface area contributed by atoms with Gasteiger partial charge in [0.2, 0.25) is 5.91 Å². The van der Waals surface area contributed by atoms with Crippen molar-refractivity contribution in [2.24, 2.45) is 7.05 Å². The number of amides is 1. The number of carbonyl (C=O) groups is 1. The Bertz CT molecular complexity index is 778. The Kier molecular flexibility index (Phi) is 3.96. The van der Waals surface area contributed by atoms with Gasteiger partial charge in [-0.1, -0.05) is 11.8 Å². The number of hydrogen-bond donors (Lipinski definition) is 1. The average Bonchev–Trinajstić information content (AvgIpc) is 3.19. The summed E-state index contributed by atoms with van der Waals surface area (Å²) < 4.78 is 12.2. The average molecular weight is 319 g/mol. The monoisotopic (exact) mass is 319 g/mol. The molecular formula is C13H13N5O3S. The van der Waals surface area contributed by atoms with Crippen molar-refractivity contribution in [3.05, 3.63) is 30.2 Å². The lowest BCUT2D eigenvalue weighted by Crippen LogP contribution is -2.16. The Hall–Kier alpha value is -2.55. The van der Waals surface area contributed by atoms with Crippen molar-refractivity contribution < 1.29 is 13.6 Å². The third-order valence-corrected chi connectivity index (χ3v) is 3.55. The molecule has 1 amide bonds. The summed E-state index contributed by atoms with van der Waals surface area (Å²) in [6, 6.07) is 5.25. The lowest BCUT2D eigenvalue weighted by molar-refractivity contribution is -0.113. The second-order valence-corrected chi connectivity index (χ2v) is 5.41. The van der Waals surface area contributed by atoms with Crippen LogP contribution in [-0.4, -0.2) is 31.6 Å². The Morgan fingerprint density at radius 2 is 2.32 bits per heavy atom. The van der Waals surface area contributed by atoms with E-state index in [0.29, 0.717) is 16.8 Å². The first-order valence-electron chi connectivity index (χ1n) is 6.42. The molecule has 0 atom stereocenters. The Morgan fingerprint density at radius 3 is 3.00 bits per heavy atom. The molecule has 0 aliphatic rings. The van der Waals surface area contributed by atoms with E-state index < -0.39 is 0 Å². The largest absolute Gasteiger partial charge is 0.459 e. The van der Waals surface area contributed by atoms with Crippen LogP contribution in [0.1, 0.15) is 5.69 Å². The highest BCUT2D eigenvalue weighted by Crippen LogP contribution is 2.23. The number of furan rings is 1. The summed E-state index contributed by atoms with van der Waals surface area (Å²) >= 11 is 1.15. The fraction of sp³-hybridized carbons (Fsp3) is 0.231. The van der Waals surface area contributed by atoms with Gasteiger partial charge in [0.15, 0.2) is 5.76 Å². The van der Waals surface area contributed by atoms with E-state index in [1.165, 1.54) is 6.26 Å². The maximum absolute atomic E-state index is 11.9. The molecule has 0 aliphatic heterocycles. The maximum Gasteiger partial charge on any atom is 0.284 e. The van der Waals surface area contributed by atoms with E-state index in [1.54, 1.807) is 29.9 Å². The summed E-state index contributed by atoms with van der Waals surface area (Å²) in [5.74, 6) is 1.41. The van der Waals surface area contributed by atoms with Gasteiger partial charge in [0, 0.05) is 13.1 Å². The van der Waals surface area contributed by atoms with Crippen molar-refractivity contribution in [2.75, 3.05) is 11.1 Å². The molecule has 0 spiro atoms. The molecule has 114 valence electrons. The molecule has 0 saturated heterocycles. The summed E-state index contributed by atoms with van der Waals surface area (Å²) in [5, 5.41) is 15.0. The SMILES string of the molecule is Cc1cc(NC(=O)CSc2nnc(-c3ccco3)o2)n(C)n1. The molecule has 0 aromatic carbocycles. The number of aromatic nitrogens is 4. The van der Waals surface area contributed by atoms with E-state index in [0.717, 1.165) is 17.5 Å². The van der Waals surface area contributed by atoms with Gasteiger partial charge in [0.25, 0.3) is 11.1 Å². The zero-order valence-electron chi connectivity index (χ0n) is 11.9. The van der Waals surface area contributed by atoms with E-state index in [9.17, 15) is 4.79 Å². The number of anilines is 1. The predicted molar refractivity (Wildman–Crippen MR) is 79.3 cm³/mol. The molecule has 3 aromatic rings. The Balaban J connectivity index is 1.56. The van der Waals surface area contributed by atoms with Gasteiger partial charge >= 0.3 is 0 Å². The van der Waals surface area contributed by atoms with Gasteiger partial charge in [-0.05, 0) is 19.1 Å². The molecule has 0 aliphatic carbocycles. The van der Waals surface area contributed by atoms with E-state index >= 15 is 0 Å². The zero-order chi connectivity index (χ0) is 15.5. The lowest BCUT2D eigenvalue weighted by atomic mass is 10.4. The molecule has 9 heteroatoms. The van der Waals surface area contributed by atoms with Gasteiger partial charge in [0.05, 0.1) is 17.7 Å². The molecule has 3 rings (SSSR count). The molecule has 0 bridgehead atoms. The van der Waals surface area contributed by atoms with Crippen molar-refractivity contribution in [1.82, 2.24) is 20.0 Å². The Morgan fingerprint density at radius 1 is 1.45 bits per heavy atom. The number of nitrogens with zero attached hydrogens (tertiary/aromatic N) is 4. The van der Waals surface area contributed by atoms with Gasteiger partial charge < -0.3 is 14.2 Å². The summed E-state index contributed by atoms with van der Waals surface area (Å²) in [6.45, 7) is 1.86. The number of hydrogen-bond acceptors (Lipinski definition) is 7. The number of nitrogens with one attached hydrogen (secondary N) is 1. The third-order valence-electron chi connectivity index (χ3n) is 2.73. The fourth-order valence-electron chi connectivity index (χ4n) is 1.80. The fourth-order valence-corrected chi connectivity index (χ4v) is 2.36. The van der Waals surface area contributed by atoms with Crippen LogP contribution in [-0.2, 0) is 11.8 Å². The molecule has 1 N–H and O–H groups in total. The quantitative estimate of drug-likeness (QED) is 0.719. The number of rotatable bonds is 5. The minimum absolute atomic E-state index is 0.157. The Labute approximate surface area is 129 Å². The normalized spacial score (nSPS) is 10.8. The number of thioether (sulfide) groups is 1. The second kappa shape index (κ2) is 6.06. The van der Waals surface area contributed by atoms with Crippen LogP contribution in [0.5, 0.6) is 0 Å². The van der Waals surface area contributed by atoms with Crippen LogP contribution in [0.4, 0.5) is 5.82 Å². The van der Waals surface area contributed by atoms with Crippen molar-refractivity contribution in [1.29, 1.82) is 0 Å². The van der Waals surface area contributed by atoms with Crippen molar-refractivity contribution >= 4 is 23.5 Å². The molecule has 0 saturated carbocycles. The molecule has 0 unspecified atom stereocenters. The van der Waals surface area contributed by atoms with Crippen LogP contribution in [0.2, 0.25) is 0 Å². The van der Waals surface area contributed by atoms with E-state index in [1.807, 2.05) is 6.92 Å². The number of carbonyl (C=O) groups excluding carboxylic acids is 1. The van der Waals surface area contributed by atoms with Crippen LogP contribution in [0, 0.1) is 6.92 Å². The van der Waals surface area contributed by atoms with Crippen LogP contribution in [0.15, 0.2) is 38.5 Å². The molecule has 0 radical (unpaired) electrons. The summed E-state index contributed by atoms with van der Waals surface area (Å²) in [6.07, 6.45) is 1.52. The molecule has 8 nitrogen and oxygen atoms in total. The van der Waals surface area contributed by atoms with Crippen LogP contribution < -0.4 is 5.32 Å². The lowest BCUT2D eigenvalue weighted by Gasteiger charge is -2.03. The standard InChI is InChI=1S/C13H13N5O3S/c1-8-6-10(18(2)17-8)14-11(19)7-22-13-16-15-12(21-13)9-4-3-5-20-9/h3-6H,7H2,1-2H3,(H,14,19). The van der Waals surface area contributed by atoms with Crippen molar-refractivity contribution in [3.63, 3.8) is 0 Å². The molecule has 22 heavy (non-hydrogen) atoms. The first-order chi connectivity index (χ1) is 10.6. The first kappa shape index (κ1) is 14.4. The summed E-state index contributed by atoms with van der Waals surface area (Å²) in [7, 11) is 1.77. The third kappa shape index (κ3) is 3.19. The molecule has 3 heterocycles. The number of aryl methyl sites for hydroxylation is 2. The molecule has 3 aromatic heterocycles. The van der Waals surface area contributed by atoms with Gasteiger partial charge in [-0.3, -0.25) is 9.48 Å². The highest BCUT2D eigenvalue weighted by Gasteiger charge is 2.13. The molecule has 0 fully saturated rings. The highest BCUT2D eigenvalue weighted by molar-refractivity contribution is 7.99. The van der Waals surface area contributed by atoms with Crippen LogP contribution >= 0.6 is 11.8 Å². The maximum atomic E-state index is 11.9. The van der Waals surface area contributed by atoms with Gasteiger partial charge in [-0.2, -0.15) is 5.10 Å². The predicted octanol–water partition coefficient (Wildman–Crippen LogP) is 2.10. The second-order valence-electron chi connectivity index (χ2n) is 4.48. The topological polar surface area (TPSA) is 99.0 Å². The van der Waals surface area contributed by atoms with Gasteiger partial charge in [-0.25, -0.2) is 0 Å². The van der Waals surface area contributed by atoms with Crippen molar-refractivity contribution in [2.45, 2.75) is 12.1 Å². The van der Waals surface area contributed by atoms with Gasteiger partial charge in [-0.15, -0.1) is 10.2 Å². The molecular weight excluding hydrogens is 306 g/mol. The van der Waals surface area contributed by atoms with E-state index in [4.69, 9.17) is 8.83 Å². The zero-order valence-corrected chi connectivity index (χ0v) is 12.8. The van der Waals surface area contributed by atoms with E-state index in [2.05, 4.69) is 20.6 Å². The smallest absolute Gasteiger partial charge is 0.284 e. The minimum atomic E-state index is -0.175. The first-order valence-corrected chi connectivity index (χ1v) is 7.41. The highest BCUT2D eigenvalue weighted by atomic mass is 32.2.